The molecule has 3 nitrogen and oxygen atoms in total. The van der Waals surface area contributed by atoms with E-state index in [1.807, 2.05) is 18.2 Å². The van der Waals surface area contributed by atoms with Crippen molar-refractivity contribution in [2.24, 2.45) is 0 Å². The van der Waals surface area contributed by atoms with Crippen molar-refractivity contribution in [1.29, 1.82) is 0 Å². The zero-order chi connectivity index (χ0) is 12.4. The summed E-state index contributed by atoms with van der Waals surface area (Å²) >= 11 is 3.49. The van der Waals surface area contributed by atoms with Crippen LogP contribution in [0.25, 0.3) is 11.0 Å². The molecule has 0 atom stereocenters. The molecule has 3 rings (SSSR count). The van der Waals surface area contributed by atoms with Crippen LogP contribution in [-0.4, -0.2) is 17.1 Å². The molecule has 1 N–H and O–H groups in total. The van der Waals surface area contributed by atoms with E-state index < -0.39 is 0 Å². The maximum absolute atomic E-state index is 5.20. The lowest BCUT2D eigenvalue weighted by Crippen LogP contribution is -1.81. The molecule has 0 aliphatic carbocycles. The standard InChI is InChI=1S/C13H12N2OS2/c1-16-9-4-5-11-12(7-9)15-13(14-11)18-8-10-3-2-6-17-10/h2-7H,8H2,1H3,(H,14,15). The Morgan fingerprint density at radius 2 is 2.33 bits per heavy atom. The summed E-state index contributed by atoms with van der Waals surface area (Å²) in [6.45, 7) is 0. The van der Waals surface area contributed by atoms with Crippen LogP contribution < -0.4 is 4.74 Å². The van der Waals surface area contributed by atoms with Crippen molar-refractivity contribution >= 4 is 34.1 Å². The van der Waals surface area contributed by atoms with Crippen LogP contribution in [0.15, 0.2) is 40.9 Å². The number of thioether (sulfide) groups is 1. The van der Waals surface area contributed by atoms with Gasteiger partial charge in [-0.2, -0.15) is 0 Å². The highest BCUT2D eigenvalue weighted by atomic mass is 32.2. The first-order chi connectivity index (χ1) is 8.85. The molecule has 0 saturated carbocycles. The summed E-state index contributed by atoms with van der Waals surface area (Å²) in [6, 6.07) is 10.1. The molecule has 3 aromatic rings. The number of aromatic nitrogens is 2. The number of aromatic amines is 1. The molecule has 0 aliphatic rings. The smallest absolute Gasteiger partial charge is 0.166 e. The molecule has 92 valence electrons. The van der Waals surface area contributed by atoms with Crippen LogP contribution in [0.5, 0.6) is 5.75 Å². The molecule has 0 fully saturated rings. The van der Waals surface area contributed by atoms with E-state index in [1.165, 1.54) is 4.88 Å². The summed E-state index contributed by atoms with van der Waals surface area (Å²) in [6.07, 6.45) is 0. The Morgan fingerprint density at radius 3 is 3.11 bits per heavy atom. The molecule has 2 heterocycles. The van der Waals surface area contributed by atoms with Crippen molar-refractivity contribution in [1.82, 2.24) is 9.97 Å². The van der Waals surface area contributed by atoms with Crippen LogP contribution >= 0.6 is 23.1 Å². The van der Waals surface area contributed by atoms with Crippen molar-refractivity contribution in [3.63, 3.8) is 0 Å². The highest BCUT2D eigenvalue weighted by Gasteiger charge is 2.05. The lowest BCUT2D eigenvalue weighted by molar-refractivity contribution is 0.415. The zero-order valence-electron chi connectivity index (χ0n) is 9.84. The monoisotopic (exact) mass is 276 g/mol. The molecule has 0 aliphatic heterocycles. The third-order valence-electron chi connectivity index (χ3n) is 2.60. The van der Waals surface area contributed by atoms with Gasteiger partial charge in [0, 0.05) is 16.7 Å². The second-order valence-corrected chi connectivity index (χ2v) is 5.79. The minimum Gasteiger partial charge on any atom is -0.497 e. The fourth-order valence-corrected chi connectivity index (χ4v) is 3.35. The average Bonchev–Trinajstić information content (AvgIpc) is 3.04. The molecule has 1 aromatic carbocycles. The van der Waals surface area contributed by atoms with E-state index in [-0.39, 0.29) is 0 Å². The molecule has 2 aromatic heterocycles. The Bertz CT molecular complexity index is 646. The Morgan fingerprint density at radius 1 is 1.39 bits per heavy atom. The predicted molar refractivity (Wildman–Crippen MR) is 76.5 cm³/mol. The van der Waals surface area contributed by atoms with E-state index in [9.17, 15) is 0 Å². The first kappa shape index (κ1) is 11.6. The van der Waals surface area contributed by atoms with Gasteiger partial charge >= 0.3 is 0 Å². The number of hydrogen-bond donors (Lipinski definition) is 1. The van der Waals surface area contributed by atoms with Gasteiger partial charge in [-0.15, -0.1) is 11.3 Å². The zero-order valence-corrected chi connectivity index (χ0v) is 11.5. The third-order valence-corrected chi connectivity index (χ3v) is 4.58. The molecule has 0 unspecified atom stereocenters. The fourth-order valence-electron chi connectivity index (χ4n) is 1.69. The lowest BCUT2D eigenvalue weighted by Gasteiger charge is -1.96. The number of imidazole rings is 1. The largest absolute Gasteiger partial charge is 0.497 e. The van der Waals surface area contributed by atoms with Gasteiger partial charge in [-0.25, -0.2) is 4.98 Å². The maximum Gasteiger partial charge on any atom is 0.166 e. The van der Waals surface area contributed by atoms with Crippen molar-refractivity contribution in [3.8, 4) is 5.75 Å². The van der Waals surface area contributed by atoms with E-state index in [4.69, 9.17) is 4.74 Å². The fraction of sp³-hybridized carbons (Fsp3) is 0.154. The van der Waals surface area contributed by atoms with Crippen LogP contribution in [0.3, 0.4) is 0 Å². The minimum absolute atomic E-state index is 0.848. The quantitative estimate of drug-likeness (QED) is 0.734. The summed E-state index contributed by atoms with van der Waals surface area (Å²) in [5.74, 6) is 1.80. The Hall–Kier alpha value is -1.46. The Labute approximate surface area is 113 Å². The molecular formula is C13H12N2OS2. The number of benzene rings is 1. The van der Waals surface area contributed by atoms with E-state index in [2.05, 4.69) is 27.5 Å². The van der Waals surface area contributed by atoms with E-state index >= 15 is 0 Å². The second kappa shape index (κ2) is 5.04. The van der Waals surface area contributed by atoms with Gasteiger partial charge in [-0.3, -0.25) is 0 Å². The van der Waals surface area contributed by atoms with Gasteiger partial charge in [0.05, 0.1) is 18.1 Å². The van der Waals surface area contributed by atoms with Gasteiger partial charge in [0.2, 0.25) is 0 Å². The number of H-pyrrole nitrogens is 1. The number of rotatable bonds is 4. The summed E-state index contributed by atoms with van der Waals surface area (Å²) in [5, 5.41) is 3.05. The highest BCUT2D eigenvalue weighted by Crippen LogP contribution is 2.26. The summed E-state index contributed by atoms with van der Waals surface area (Å²) in [5.41, 5.74) is 1.99. The average molecular weight is 276 g/mol. The first-order valence-corrected chi connectivity index (χ1v) is 7.40. The van der Waals surface area contributed by atoms with Gasteiger partial charge in [-0.1, -0.05) is 17.8 Å². The van der Waals surface area contributed by atoms with Gasteiger partial charge in [0.25, 0.3) is 0 Å². The summed E-state index contributed by atoms with van der Waals surface area (Å²) in [7, 11) is 1.67. The van der Waals surface area contributed by atoms with Crippen LogP contribution in [0, 0.1) is 0 Å². The summed E-state index contributed by atoms with van der Waals surface area (Å²) < 4.78 is 5.20. The van der Waals surface area contributed by atoms with Crippen molar-refractivity contribution < 1.29 is 4.74 Å². The molecular weight excluding hydrogens is 264 g/mol. The van der Waals surface area contributed by atoms with Crippen molar-refractivity contribution in [2.75, 3.05) is 7.11 Å². The Kier molecular flexibility index (Phi) is 3.25. The normalized spacial score (nSPS) is 10.9. The molecule has 0 saturated heterocycles. The third kappa shape index (κ3) is 2.37. The number of nitrogens with one attached hydrogen (secondary N) is 1. The lowest BCUT2D eigenvalue weighted by atomic mass is 10.3. The van der Waals surface area contributed by atoms with Crippen LogP contribution in [0.2, 0.25) is 0 Å². The minimum atomic E-state index is 0.848. The second-order valence-electron chi connectivity index (χ2n) is 3.79. The molecule has 0 amide bonds. The van der Waals surface area contributed by atoms with E-state index in [0.717, 1.165) is 27.7 Å². The maximum atomic E-state index is 5.20. The predicted octanol–water partition coefficient (Wildman–Crippen LogP) is 3.93. The number of thiophene rings is 1. The molecule has 5 heteroatoms. The number of methoxy groups -OCH3 is 1. The SMILES string of the molecule is COc1ccc2nc(SCc3cccs3)[nH]c2c1. The summed E-state index contributed by atoms with van der Waals surface area (Å²) in [4.78, 5) is 9.21. The highest BCUT2D eigenvalue weighted by molar-refractivity contribution is 7.98. The number of nitrogens with zero attached hydrogens (tertiary/aromatic N) is 1. The van der Waals surface area contributed by atoms with Crippen LogP contribution in [0.1, 0.15) is 4.88 Å². The number of fused-ring (bicyclic) bond motifs is 1. The van der Waals surface area contributed by atoms with Gasteiger partial charge in [0.15, 0.2) is 5.16 Å². The van der Waals surface area contributed by atoms with E-state index in [1.54, 1.807) is 30.2 Å². The first-order valence-electron chi connectivity index (χ1n) is 5.54. The van der Waals surface area contributed by atoms with Crippen molar-refractivity contribution in [2.45, 2.75) is 10.9 Å². The van der Waals surface area contributed by atoms with Crippen LogP contribution in [0.4, 0.5) is 0 Å². The topological polar surface area (TPSA) is 37.9 Å². The Balaban J connectivity index is 1.80. The van der Waals surface area contributed by atoms with Gasteiger partial charge in [0.1, 0.15) is 5.75 Å². The number of hydrogen-bond acceptors (Lipinski definition) is 4. The van der Waals surface area contributed by atoms with Gasteiger partial charge < -0.3 is 9.72 Å². The van der Waals surface area contributed by atoms with E-state index in [0.29, 0.717) is 0 Å². The van der Waals surface area contributed by atoms with Gasteiger partial charge in [-0.05, 0) is 23.6 Å². The van der Waals surface area contributed by atoms with Crippen molar-refractivity contribution in [3.05, 3.63) is 40.6 Å². The molecule has 0 bridgehead atoms. The number of ether oxygens (including phenoxy) is 1. The molecule has 18 heavy (non-hydrogen) atoms. The van der Waals surface area contributed by atoms with Crippen LogP contribution in [-0.2, 0) is 5.75 Å². The molecule has 0 radical (unpaired) electrons. The molecule has 0 spiro atoms.